The zero-order valence-electron chi connectivity index (χ0n) is 9.07. The number of ketones is 1. The molecule has 4 heteroatoms. The lowest BCUT2D eigenvalue weighted by Crippen LogP contribution is -2.25. The van der Waals surface area contributed by atoms with E-state index in [9.17, 15) is 4.79 Å². The van der Waals surface area contributed by atoms with Crippen LogP contribution in [-0.2, 0) is 18.3 Å². The topological polar surface area (TPSA) is 60.9 Å². The van der Waals surface area contributed by atoms with Crippen molar-refractivity contribution in [2.24, 2.45) is 18.2 Å². The van der Waals surface area contributed by atoms with Crippen molar-refractivity contribution in [1.29, 1.82) is 0 Å². The van der Waals surface area contributed by atoms with Crippen LogP contribution in [0.4, 0.5) is 0 Å². The lowest BCUT2D eigenvalue weighted by molar-refractivity contribution is -0.123. The lowest BCUT2D eigenvalue weighted by atomic mass is 9.96. The van der Waals surface area contributed by atoms with E-state index in [1.54, 1.807) is 4.68 Å². The van der Waals surface area contributed by atoms with Crippen LogP contribution in [0.2, 0.25) is 0 Å². The van der Waals surface area contributed by atoms with Crippen LogP contribution in [0.15, 0.2) is 12.4 Å². The monoisotopic (exact) mass is 207 g/mol. The Morgan fingerprint density at radius 1 is 1.67 bits per heavy atom. The molecular weight excluding hydrogens is 190 g/mol. The van der Waals surface area contributed by atoms with Gasteiger partial charge in [-0.05, 0) is 24.8 Å². The average Bonchev–Trinajstić information content (AvgIpc) is 2.93. The largest absolute Gasteiger partial charge is 0.329 e. The third-order valence-electron chi connectivity index (χ3n) is 3.23. The molecule has 1 aromatic rings. The summed E-state index contributed by atoms with van der Waals surface area (Å²) in [7, 11) is 1.88. The van der Waals surface area contributed by atoms with E-state index < -0.39 is 0 Å². The summed E-state index contributed by atoms with van der Waals surface area (Å²) in [4.78, 5) is 11.8. The van der Waals surface area contributed by atoms with Crippen LogP contribution >= 0.6 is 0 Å². The first kappa shape index (κ1) is 10.4. The maximum atomic E-state index is 11.8. The van der Waals surface area contributed by atoms with Crippen molar-refractivity contribution < 1.29 is 4.79 Å². The number of aryl methyl sites for hydroxylation is 2. The zero-order valence-corrected chi connectivity index (χ0v) is 9.07. The number of nitrogens with zero attached hydrogens (tertiary/aromatic N) is 2. The van der Waals surface area contributed by atoms with E-state index in [0.29, 0.717) is 18.7 Å². The number of aromatic nitrogens is 2. The van der Waals surface area contributed by atoms with Gasteiger partial charge in [-0.1, -0.05) is 0 Å². The molecule has 0 spiro atoms. The van der Waals surface area contributed by atoms with Gasteiger partial charge in [0.1, 0.15) is 5.78 Å². The molecule has 1 heterocycles. The van der Waals surface area contributed by atoms with Gasteiger partial charge in [0.2, 0.25) is 0 Å². The van der Waals surface area contributed by atoms with E-state index >= 15 is 0 Å². The standard InChI is InChI=1S/C11H17N3O/c1-14-7-9(6-13-14)2-3-10(15)11(8-12)4-5-11/h6-7H,2-5,8,12H2,1H3. The quantitative estimate of drug-likeness (QED) is 0.771. The molecule has 1 aliphatic rings. The fourth-order valence-corrected chi connectivity index (χ4v) is 1.87. The van der Waals surface area contributed by atoms with Gasteiger partial charge in [0.15, 0.2) is 0 Å². The Kier molecular flexibility index (Phi) is 2.61. The number of hydrogen-bond donors (Lipinski definition) is 1. The molecule has 0 aliphatic heterocycles. The Hall–Kier alpha value is -1.16. The zero-order chi connectivity index (χ0) is 10.9. The van der Waals surface area contributed by atoms with Gasteiger partial charge in [-0.2, -0.15) is 5.10 Å². The van der Waals surface area contributed by atoms with Gasteiger partial charge in [0, 0.05) is 31.6 Å². The van der Waals surface area contributed by atoms with Crippen LogP contribution in [0, 0.1) is 5.41 Å². The predicted molar refractivity (Wildman–Crippen MR) is 57.3 cm³/mol. The minimum atomic E-state index is -0.151. The summed E-state index contributed by atoms with van der Waals surface area (Å²) in [5, 5.41) is 4.07. The Labute approximate surface area is 89.5 Å². The van der Waals surface area contributed by atoms with Gasteiger partial charge in [-0.25, -0.2) is 0 Å². The molecule has 2 rings (SSSR count). The second-order valence-corrected chi connectivity index (χ2v) is 4.43. The second kappa shape index (κ2) is 3.77. The van der Waals surface area contributed by atoms with Crippen molar-refractivity contribution in [2.75, 3.05) is 6.54 Å². The molecule has 0 radical (unpaired) electrons. The highest BCUT2D eigenvalue weighted by atomic mass is 16.1. The number of carbonyl (C=O) groups excluding carboxylic acids is 1. The molecular formula is C11H17N3O. The molecule has 0 unspecified atom stereocenters. The van der Waals surface area contributed by atoms with Crippen molar-refractivity contribution >= 4 is 5.78 Å². The van der Waals surface area contributed by atoms with Crippen LogP contribution in [0.1, 0.15) is 24.8 Å². The third kappa shape index (κ3) is 2.09. The number of nitrogens with two attached hydrogens (primary N) is 1. The highest BCUT2D eigenvalue weighted by Crippen LogP contribution is 2.46. The van der Waals surface area contributed by atoms with Crippen LogP contribution in [0.25, 0.3) is 0 Å². The van der Waals surface area contributed by atoms with Crippen LogP contribution < -0.4 is 5.73 Å². The van der Waals surface area contributed by atoms with Crippen molar-refractivity contribution in [2.45, 2.75) is 25.7 Å². The van der Waals surface area contributed by atoms with E-state index in [1.807, 2.05) is 19.4 Å². The van der Waals surface area contributed by atoms with Crippen molar-refractivity contribution in [3.8, 4) is 0 Å². The normalized spacial score (nSPS) is 17.7. The highest BCUT2D eigenvalue weighted by molar-refractivity contribution is 5.87. The summed E-state index contributed by atoms with van der Waals surface area (Å²) in [6.45, 7) is 0.513. The Balaban J connectivity index is 1.86. The smallest absolute Gasteiger partial charge is 0.140 e. The van der Waals surface area contributed by atoms with E-state index in [-0.39, 0.29) is 5.41 Å². The fourth-order valence-electron chi connectivity index (χ4n) is 1.87. The molecule has 0 amide bonds. The van der Waals surface area contributed by atoms with E-state index in [2.05, 4.69) is 5.10 Å². The number of rotatable bonds is 5. The number of carbonyl (C=O) groups is 1. The molecule has 0 aromatic carbocycles. The molecule has 82 valence electrons. The summed E-state index contributed by atoms with van der Waals surface area (Å²) >= 11 is 0. The summed E-state index contributed by atoms with van der Waals surface area (Å²) in [5.74, 6) is 0.328. The second-order valence-electron chi connectivity index (χ2n) is 4.43. The molecule has 1 fully saturated rings. The number of Topliss-reactive ketones (excluding diaryl/α,β-unsaturated/α-hetero) is 1. The molecule has 0 bridgehead atoms. The fraction of sp³-hybridized carbons (Fsp3) is 0.636. The van der Waals surface area contributed by atoms with Crippen LogP contribution in [0.3, 0.4) is 0 Å². The molecule has 0 atom stereocenters. The lowest BCUT2D eigenvalue weighted by Gasteiger charge is -2.09. The summed E-state index contributed by atoms with van der Waals surface area (Å²) in [6.07, 6.45) is 7.12. The van der Waals surface area contributed by atoms with Gasteiger partial charge < -0.3 is 5.73 Å². The van der Waals surface area contributed by atoms with E-state index in [4.69, 9.17) is 5.73 Å². The third-order valence-corrected chi connectivity index (χ3v) is 3.23. The molecule has 2 N–H and O–H groups in total. The SMILES string of the molecule is Cn1cc(CCC(=O)C2(CN)CC2)cn1. The van der Waals surface area contributed by atoms with Crippen LogP contribution in [0.5, 0.6) is 0 Å². The minimum Gasteiger partial charge on any atom is -0.329 e. The molecule has 1 aliphatic carbocycles. The summed E-state index contributed by atoms with van der Waals surface area (Å²) < 4.78 is 1.76. The predicted octanol–water partition coefficient (Wildman–Crippen LogP) is 0.661. The molecule has 1 saturated carbocycles. The van der Waals surface area contributed by atoms with Crippen molar-refractivity contribution in [3.05, 3.63) is 18.0 Å². The molecule has 0 saturated heterocycles. The van der Waals surface area contributed by atoms with Crippen molar-refractivity contribution in [1.82, 2.24) is 9.78 Å². The number of hydrogen-bond acceptors (Lipinski definition) is 3. The maximum Gasteiger partial charge on any atom is 0.140 e. The Morgan fingerprint density at radius 2 is 2.40 bits per heavy atom. The van der Waals surface area contributed by atoms with Gasteiger partial charge >= 0.3 is 0 Å². The first-order valence-electron chi connectivity index (χ1n) is 5.37. The first-order chi connectivity index (χ1) is 7.16. The Morgan fingerprint density at radius 3 is 2.87 bits per heavy atom. The van der Waals surface area contributed by atoms with Gasteiger partial charge in [0.25, 0.3) is 0 Å². The van der Waals surface area contributed by atoms with E-state index in [1.165, 1.54) is 0 Å². The molecule has 15 heavy (non-hydrogen) atoms. The van der Waals surface area contributed by atoms with Gasteiger partial charge in [-0.3, -0.25) is 9.48 Å². The molecule has 4 nitrogen and oxygen atoms in total. The van der Waals surface area contributed by atoms with Gasteiger partial charge in [0.05, 0.1) is 6.20 Å². The molecule has 1 aromatic heterocycles. The highest BCUT2D eigenvalue weighted by Gasteiger charge is 2.47. The van der Waals surface area contributed by atoms with Gasteiger partial charge in [-0.15, -0.1) is 0 Å². The van der Waals surface area contributed by atoms with E-state index in [0.717, 1.165) is 24.8 Å². The Bertz CT molecular complexity index is 366. The van der Waals surface area contributed by atoms with Crippen LogP contribution in [-0.4, -0.2) is 22.1 Å². The minimum absolute atomic E-state index is 0.151. The first-order valence-corrected chi connectivity index (χ1v) is 5.37. The maximum absolute atomic E-state index is 11.8. The van der Waals surface area contributed by atoms with Crippen molar-refractivity contribution in [3.63, 3.8) is 0 Å². The summed E-state index contributed by atoms with van der Waals surface area (Å²) in [5.41, 5.74) is 6.58. The average molecular weight is 207 g/mol. The summed E-state index contributed by atoms with van der Waals surface area (Å²) in [6, 6.07) is 0.